The summed E-state index contributed by atoms with van der Waals surface area (Å²) < 4.78 is 0.449. The predicted molar refractivity (Wildman–Crippen MR) is 173 cm³/mol. The van der Waals surface area contributed by atoms with Gasteiger partial charge in [0.25, 0.3) is 0 Å². The van der Waals surface area contributed by atoms with Crippen molar-refractivity contribution < 1.29 is 9.59 Å². The van der Waals surface area contributed by atoms with Crippen LogP contribution in [0, 0.1) is 0 Å². The summed E-state index contributed by atoms with van der Waals surface area (Å²) in [4.78, 5) is 37.9. The zero-order chi connectivity index (χ0) is 30.0. The van der Waals surface area contributed by atoms with Crippen LogP contribution in [-0.2, 0) is 11.2 Å². The fraction of sp³-hybridized carbons (Fsp3) is 0.182. The minimum atomic E-state index is -0.380. The first-order valence-corrected chi connectivity index (χ1v) is 15.1. The molecule has 0 fully saturated rings. The van der Waals surface area contributed by atoms with Gasteiger partial charge in [-0.25, -0.2) is 19.7 Å². The van der Waals surface area contributed by atoms with Gasteiger partial charge in [-0.15, -0.1) is 0 Å². The molecule has 0 bridgehead atoms. The number of nitrogens with one attached hydrogen (secondary N) is 3. The molecule has 2 aromatic heterocycles. The van der Waals surface area contributed by atoms with Crippen LogP contribution in [0.3, 0.4) is 0 Å². The maximum Gasteiger partial charge on any atom is 0.321 e. The first-order valence-electron chi connectivity index (χ1n) is 13.9. The van der Waals surface area contributed by atoms with Crippen LogP contribution in [0.2, 0.25) is 4.34 Å². The minimum absolute atomic E-state index is 0.148. The van der Waals surface area contributed by atoms with E-state index in [1.54, 1.807) is 30.6 Å². The van der Waals surface area contributed by atoms with Gasteiger partial charge in [0.1, 0.15) is 15.9 Å². The Hall–Kier alpha value is -4.60. The molecule has 0 spiro atoms. The third kappa shape index (κ3) is 8.47. The van der Waals surface area contributed by atoms with Crippen LogP contribution >= 0.6 is 22.9 Å². The molecular formula is C33H31ClN6O2S. The third-order valence-corrected chi connectivity index (χ3v) is 8.05. The number of urea groups is 1. The average molecular weight is 611 g/mol. The summed E-state index contributed by atoms with van der Waals surface area (Å²) in [5.41, 5.74) is 4.45. The predicted octanol–water partition coefficient (Wildman–Crippen LogP) is 7.56. The van der Waals surface area contributed by atoms with Crippen LogP contribution in [0.4, 0.5) is 15.6 Å². The lowest BCUT2D eigenvalue weighted by Crippen LogP contribution is -2.40. The first-order chi connectivity index (χ1) is 20.9. The fourth-order valence-corrected chi connectivity index (χ4v) is 5.99. The van der Waals surface area contributed by atoms with Crippen LogP contribution < -0.4 is 16.0 Å². The third-order valence-electron chi connectivity index (χ3n) is 6.88. The summed E-state index contributed by atoms with van der Waals surface area (Å²) in [6.45, 7) is 1.45. The average Bonchev–Trinajstić information content (AvgIpc) is 3.38. The lowest BCUT2D eigenvalue weighted by atomic mass is 9.86. The van der Waals surface area contributed by atoms with Gasteiger partial charge in [-0.05, 0) is 42.2 Å². The molecule has 2 heterocycles. The second-order valence-corrected chi connectivity index (χ2v) is 11.6. The van der Waals surface area contributed by atoms with Gasteiger partial charge in [0.15, 0.2) is 5.13 Å². The van der Waals surface area contributed by atoms with E-state index in [1.807, 2.05) is 24.3 Å². The fourth-order valence-electron chi connectivity index (χ4n) is 4.91. The largest absolute Gasteiger partial charge is 0.335 e. The Kier molecular flexibility index (Phi) is 10.1. The lowest BCUT2D eigenvalue weighted by Gasteiger charge is -2.23. The number of carbonyl (C=O) groups is 2. The lowest BCUT2D eigenvalue weighted by molar-refractivity contribution is -0.114. The molecule has 0 saturated heterocycles. The van der Waals surface area contributed by atoms with Crippen molar-refractivity contribution in [2.75, 3.05) is 10.6 Å². The molecular weight excluding hydrogens is 580 g/mol. The Balaban J connectivity index is 1.29. The minimum Gasteiger partial charge on any atom is -0.335 e. The van der Waals surface area contributed by atoms with Crippen LogP contribution in [0.15, 0.2) is 103 Å². The second-order valence-electron chi connectivity index (χ2n) is 10.0. The summed E-state index contributed by atoms with van der Waals surface area (Å²) in [6.07, 6.45) is 5.41. The molecule has 0 aliphatic carbocycles. The van der Waals surface area contributed by atoms with Crippen molar-refractivity contribution in [1.82, 2.24) is 20.3 Å². The Labute approximate surface area is 259 Å². The molecule has 3 amide bonds. The first kappa shape index (κ1) is 29.9. The molecule has 3 aromatic carbocycles. The molecule has 218 valence electrons. The number of thiazole rings is 1. The van der Waals surface area contributed by atoms with Gasteiger partial charge < -0.3 is 10.6 Å². The van der Waals surface area contributed by atoms with E-state index in [9.17, 15) is 9.59 Å². The molecule has 0 aliphatic heterocycles. The van der Waals surface area contributed by atoms with Crippen molar-refractivity contribution in [2.24, 2.45) is 0 Å². The van der Waals surface area contributed by atoms with E-state index in [0.29, 0.717) is 39.5 Å². The quantitative estimate of drug-likeness (QED) is 0.143. The number of rotatable bonds is 11. The van der Waals surface area contributed by atoms with Crippen molar-refractivity contribution in [3.63, 3.8) is 0 Å². The highest BCUT2D eigenvalue weighted by molar-refractivity contribution is 7.20. The molecule has 0 saturated carbocycles. The van der Waals surface area contributed by atoms with Gasteiger partial charge in [0.05, 0.1) is 0 Å². The number of amides is 3. The molecule has 10 heteroatoms. The van der Waals surface area contributed by atoms with E-state index in [-0.39, 0.29) is 23.9 Å². The Morgan fingerprint density at radius 3 is 2.05 bits per heavy atom. The van der Waals surface area contributed by atoms with E-state index in [0.717, 1.165) is 12.0 Å². The number of benzene rings is 3. The number of anilines is 2. The van der Waals surface area contributed by atoms with Gasteiger partial charge in [-0.1, -0.05) is 95.7 Å². The molecule has 1 atom stereocenters. The van der Waals surface area contributed by atoms with Crippen molar-refractivity contribution in [3.05, 3.63) is 125 Å². The number of carbonyl (C=O) groups excluding carboxylic acids is 2. The van der Waals surface area contributed by atoms with Crippen LogP contribution in [0.25, 0.3) is 11.3 Å². The van der Waals surface area contributed by atoms with E-state index >= 15 is 0 Å². The number of hydrogen-bond donors (Lipinski definition) is 3. The maximum atomic E-state index is 13.2. The van der Waals surface area contributed by atoms with E-state index in [1.165, 1.54) is 29.4 Å². The Morgan fingerprint density at radius 1 is 0.814 bits per heavy atom. The van der Waals surface area contributed by atoms with Crippen LogP contribution in [0.1, 0.15) is 42.6 Å². The molecule has 43 heavy (non-hydrogen) atoms. The molecule has 8 nitrogen and oxygen atoms in total. The second kappa shape index (κ2) is 14.5. The smallest absolute Gasteiger partial charge is 0.321 e. The van der Waals surface area contributed by atoms with E-state index < -0.39 is 0 Å². The van der Waals surface area contributed by atoms with Crippen molar-refractivity contribution in [1.29, 1.82) is 0 Å². The summed E-state index contributed by atoms with van der Waals surface area (Å²) in [5, 5.41) is 9.09. The Morgan fingerprint density at radius 2 is 1.44 bits per heavy atom. The number of hydrogen-bond acceptors (Lipinski definition) is 6. The molecule has 5 aromatic rings. The molecule has 0 radical (unpaired) electrons. The highest BCUT2D eigenvalue weighted by atomic mass is 35.5. The van der Waals surface area contributed by atoms with Crippen LogP contribution in [-0.4, -0.2) is 32.9 Å². The summed E-state index contributed by atoms with van der Waals surface area (Å²) in [5.74, 6) is 0.680. The highest BCUT2D eigenvalue weighted by Crippen LogP contribution is 2.36. The number of nitrogens with zero attached hydrogens (tertiary/aromatic N) is 3. The highest BCUT2D eigenvalue weighted by Gasteiger charge is 2.21. The monoisotopic (exact) mass is 610 g/mol. The molecule has 3 N–H and O–H groups in total. The number of halogens is 1. The van der Waals surface area contributed by atoms with Crippen LogP contribution in [0.5, 0.6) is 0 Å². The maximum absolute atomic E-state index is 13.2. The Bertz CT molecular complexity index is 1590. The van der Waals surface area contributed by atoms with E-state index in [4.69, 9.17) is 11.6 Å². The van der Waals surface area contributed by atoms with Gasteiger partial charge >= 0.3 is 6.03 Å². The molecule has 1 unspecified atom stereocenters. The summed E-state index contributed by atoms with van der Waals surface area (Å²) in [7, 11) is 0. The topological polar surface area (TPSA) is 109 Å². The van der Waals surface area contributed by atoms with Gasteiger partial charge in [-0.2, -0.15) is 0 Å². The standard InChI is InChI=1S/C33H31ClN6O2S/c1-22(41)37-26-15-13-25(14-16-26)30-31(34)43-33(39-30)40-32(42)38-27(21-29-35-19-8-20-36-29)17-18-28(23-9-4-2-5-10-23)24-11-6-3-7-12-24/h2-16,19-20,27-28H,17-18,21H2,1H3,(H,37,41)(H2,38,39,40,42). The van der Waals surface area contributed by atoms with Gasteiger partial charge in [0, 0.05) is 48.9 Å². The molecule has 5 rings (SSSR count). The molecule has 0 aliphatic rings. The zero-order valence-corrected chi connectivity index (χ0v) is 25.1. The zero-order valence-electron chi connectivity index (χ0n) is 23.5. The van der Waals surface area contributed by atoms with Crippen molar-refractivity contribution in [2.45, 2.75) is 38.1 Å². The SMILES string of the molecule is CC(=O)Nc1ccc(-c2nc(NC(=O)NC(CCC(c3ccccc3)c3ccccc3)Cc3ncccn3)sc2Cl)cc1. The van der Waals surface area contributed by atoms with Gasteiger partial charge in [-0.3, -0.25) is 10.1 Å². The summed E-state index contributed by atoms with van der Waals surface area (Å²) in [6, 6.07) is 29.2. The number of aromatic nitrogens is 3. The normalized spacial score (nSPS) is 11.6. The van der Waals surface area contributed by atoms with Crippen molar-refractivity contribution in [3.8, 4) is 11.3 Å². The van der Waals surface area contributed by atoms with Crippen molar-refractivity contribution >= 4 is 45.7 Å². The van der Waals surface area contributed by atoms with E-state index in [2.05, 4.69) is 79.4 Å². The van der Waals surface area contributed by atoms with Gasteiger partial charge in [0.2, 0.25) is 5.91 Å². The summed E-state index contributed by atoms with van der Waals surface area (Å²) >= 11 is 7.68.